The summed E-state index contributed by atoms with van der Waals surface area (Å²) in [6.07, 6.45) is 8.05. The fraction of sp³-hybridized carbons (Fsp3) is 0.722. The summed E-state index contributed by atoms with van der Waals surface area (Å²) < 4.78 is 31.7. The van der Waals surface area contributed by atoms with Gasteiger partial charge in [-0.3, -0.25) is 19.2 Å². The zero-order chi connectivity index (χ0) is 32.9. The minimum Gasteiger partial charge on any atom is -0.454 e. The van der Waals surface area contributed by atoms with Crippen LogP contribution in [-0.2, 0) is 33.8 Å². The molecule has 2 saturated heterocycles. The van der Waals surface area contributed by atoms with E-state index in [2.05, 4.69) is 13.8 Å². The smallest absolute Gasteiger partial charge is 0.303 e. The van der Waals surface area contributed by atoms with Crippen molar-refractivity contribution in [1.29, 1.82) is 0 Å². The van der Waals surface area contributed by atoms with Crippen LogP contribution < -0.4 is 0 Å². The number of amides is 1. The lowest BCUT2D eigenvalue weighted by molar-refractivity contribution is -0.157. The quantitative estimate of drug-likeness (QED) is 0.322. The zero-order valence-electron chi connectivity index (χ0n) is 27.9. The van der Waals surface area contributed by atoms with Crippen LogP contribution in [-0.4, -0.2) is 61.2 Å². The van der Waals surface area contributed by atoms with Crippen molar-refractivity contribution >= 4 is 33.3 Å². The first-order valence-corrected chi connectivity index (χ1v) is 18.7. The van der Waals surface area contributed by atoms with Gasteiger partial charge in [-0.15, -0.1) is 0 Å². The van der Waals surface area contributed by atoms with Gasteiger partial charge in [0.2, 0.25) is 5.91 Å². The highest BCUT2D eigenvalue weighted by atomic mass is 32.2. The molecule has 45 heavy (non-hydrogen) atoms. The maximum absolute atomic E-state index is 14.2. The first kappa shape index (κ1) is 35.3. The number of ether oxygens (including phenoxy) is 1. The fourth-order valence-corrected chi connectivity index (χ4v) is 9.05. The number of rotatable bonds is 7. The number of carbonyl (C=O) groups is 4. The summed E-state index contributed by atoms with van der Waals surface area (Å²) in [5.41, 5.74) is 0.891. The van der Waals surface area contributed by atoms with Crippen LogP contribution in [0.15, 0.2) is 29.2 Å². The molecule has 4 rings (SSSR count). The number of carbonyl (C=O) groups excluding carboxylic acids is 4. The second-order valence-corrected chi connectivity index (χ2v) is 16.6. The number of ketones is 2. The molecule has 1 aromatic rings. The highest BCUT2D eigenvalue weighted by Gasteiger charge is 2.69. The van der Waals surface area contributed by atoms with E-state index in [-0.39, 0.29) is 52.6 Å². The summed E-state index contributed by atoms with van der Waals surface area (Å²) in [6.45, 7) is 9.95. The fourth-order valence-electron chi connectivity index (χ4n) is 7.79. The third kappa shape index (κ3) is 8.63. The molecule has 3 fully saturated rings. The molecule has 0 radical (unpaired) electrons. The van der Waals surface area contributed by atoms with Gasteiger partial charge in [0.1, 0.15) is 0 Å². The van der Waals surface area contributed by atoms with Crippen LogP contribution in [0.2, 0.25) is 0 Å². The molecule has 250 valence electrons. The average molecular weight is 644 g/mol. The minimum absolute atomic E-state index is 0.0104. The molecule has 0 spiro atoms. The Balaban J connectivity index is 1.57. The predicted molar refractivity (Wildman–Crippen MR) is 173 cm³/mol. The van der Waals surface area contributed by atoms with E-state index in [0.29, 0.717) is 13.0 Å². The van der Waals surface area contributed by atoms with Gasteiger partial charge >= 0.3 is 5.97 Å². The molecule has 0 N–H and O–H groups in total. The predicted octanol–water partition coefficient (Wildman–Crippen LogP) is 6.27. The van der Waals surface area contributed by atoms with E-state index in [1.54, 1.807) is 17.0 Å². The summed E-state index contributed by atoms with van der Waals surface area (Å²) in [5.74, 6) is -1.97. The largest absolute Gasteiger partial charge is 0.454 e. The molecule has 1 amide bonds. The summed E-state index contributed by atoms with van der Waals surface area (Å²) in [6, 6.07) is 5.94. The van der Waals surface area contributed by atoms with Crippen LogP contribution in [0.5, 0.6) is 0 Å². The minimum atomic E-state index is -3.74. The highest BCUT2D eigenvalue weighted by Crippen LogP contribution is 2.65. The normalized spacial score (nSPS) is 28.8. The molecule has 2 heterocycles. The number of esters is 1. The van der Waals surface area contributed by atoms with Crippen LogP contribution in [0.1, 0.15) is 110 Å². The Morgan fingerprint density at radius 1 is 0.956 bits per heavy atom. The standard InChI is InChI=1S/C36H53NO7S/c1-24-16-18-28(19-17-24)45(42,43)21-20-30(39)34(44-26(3)38)27-15-13-11-9-7-6-8-10-12-14-25(2)35(41)37-23-29-32(36(29,4)5)33(37)31(40)22-27/h16-19,25,27,29,32-34H,6-15,20-23H2,1-5H3/t25-,27+,29?,32?,33+,34?/m0/s1. The van der Waals surface area contributed by atoms with E-state index in [1.807, 2.05) is 13.8 Å². The van der Waals surface area contributed by atoms with Crippen molar-refractivity contribution in [2.45, 2.75) is 129 Å². The molecule has 3 aliphatic rings. The molecule has 3 unspecified atom stereocenters. The van der Waals surface area contributed by atoms with Gasteiger partial charge in [-0.25, -0.2) is 8.42 Å². The van der Waals surface area contributed by atoms with Gasteiger partial charge in [0, 0.05) is 38.1 Å². The van der Waals surface area contributed by atoms with E-state index < -0.39 is 45.4 Å². The molecular weight excluding hydrogens is 590 g/mol. The maximum Gasteiger partial charge on any atom is 0.303 e. The first-order chi connectivity index (χ1) is 21.2. The number of aryl methyl sites for hydroxylation is 1. The van der Waals surface area contributed by atoms with Crippen LogP contribution >= 0.6 is 0 Å². The van der Waals surface area contributed by atoms with Crippen molar-refractivity contribution in [1.82, 2.24) is 4.90 Å². The van der Waals surface area contributed by atoms with Gasteiger partial charge in [0.25, 0.3) is 0 Å². The van der Waals surface area contributed by atoms with E-state index in [4.69, 9.17) is 4.74 Å². The lowest BCUT2D eigenvalue weighted by Crippen LogP contribution is -2.48. The molecule has 1 aromatic carbocycles. The molecule has 1 aliphatic carbocycles. The number of fused-ring (bicyclic) bond motifs is 3. The zero-order valence-corrected chi connectivity index (χ0v) is 28.7. The third-order valence-electron chi connectivity index (χ3n) is 10.7. The second-order valence-electron chi connectivity index (χ2n) is 14.5. The van der Waals surface area contributed by atoms with Crippen molar-refractivity contribution in [3.8, 4) is 0 Å². The Labute approximate surface area is 270 Å². The average Bonchev–Trinajstić information content (AvgIpc) is 3.29. The van der Waals surface area contributed by atoms with Gasteiger partial charge < -0.3 is 9.64 Å². The molecule has 6 atom stereocenters. The summed E-state index contributed by atoms with van der Waals surface area (Å²) in [7, 11) is -3.74. The number of hydrogen-bond donors (Lipinski definition) is 0. The van der Waals surface area contributed by atoms with Gasteiger partial charge in [0.05, 0.1) is 16.7 Å². The Hall–Kier alpha value is -2.55. The summed E-state index contributed by atoms with van der Waals surface area (Å²) in [5, 5.41) is 0. The maximum atomic E-state index is 14.2. The van der Waals surface area contributed by atoms with Crippen LogP contribution in [0.25, 0.3) is 0 Å². The molecule has 1 saturated carbocycles. The second kappa shape index (κ2) is 14.9. The summed E-state index contributed by atoms with van der Waals surface area (Å²) >= 11 is 0. The molecule has 0 aromatic heterocycles. The number of benzene rings is 1. The molecular formula is C36H53NO7S. The lowest BCUT2D eigenvalue weighted by atomic mass is 9.84. The lowest BCUT2D eigenvalue weighted by Gasteiger charge is -2.33. The number of hydrogen-bond acceptors (Lipinski definition) is 7. The van der Waals surface area contributed by atoms with Crippen molar-refractivity contribution in [3.63, 3.8) is 0 Å². The van der Waals surface area contributed by atoms with E-state index >= 15 is 0 Å². The van der Waals surface area contributed by atoms with Crippen LogP contribution in [0.3, 0.4) is 0 Å². The Morgan fingerprint density at radius 3 is 2.13 bits per heavy atom. The molecule has 2 aliphatic heterocycles. The van der Waals surface area contributed by atoms with Crippen LogP contribution in [0.4, 0.5) is 0 Å². The third-order valence-corrected chi connectivity index (χ3v) is 12.4. The number of Topliss-reactive ketones (excluding diaryl/α,β-unsaturated/α-hetero) is 2. The highest BCUT2D eigenvalue weighted by molar-refractivity contribution is 7.91. The topological polar surface area (TPSA) is 115 Å². The van der Waals surface area contributed by atoms with Gasteiger partial charge in [-0.1, -0.05) is 89.8 Å². The van der Waals surface area contributed by atoms with E-state index in [9.17, 15) is 27.6 Å². The number of nitrogens with zero attached hydrogens (tertiary/aromatic N) is 1. The molecule has 0 bridgehead atoms. The monoisotopic (exact) mass is 643 g/mol. The Kier molecular flexibility index (Phi) is 11.7. The van der Waals surface area contributed by atoms with Crippen molar-refractivity contribution in [2.24, 2.45) is 29.1 Å². The van der Waals surface area contributed by atoms with Crippen LogP contribution in [0, 0.1) is 36.0 Å². The molecule has 9 heteroatoms. The van der Waals surface area contributed by atoms with E-state index in [1.165, 1.54) is 19.1 Å². The van der Waals surface area contributed by atoms with Gasteiger partial charge in [-0.05, 0) is 49.1 Å². The Morgan fingerprint density at radius 2 is 1.53 bits per heavy atom. The summed E-state index contributed by atoms with van der Waals surface area (Å²) in [4.78, 5) is 55.8. The molecule has 8 nitrogen and oxygen atoms in total. The van der Waals surface area contributed by atoms with E-state index in [0.717, 1.165) is 63.4 Å². The SMILES string of the molecule is CC(=O)OC(C(=O)CCS(=O)(=O)c1ccc(C)cc1)[C@@H]1CCCCCCCCCC[C@H](C)C(=O)N2CC3C([C@H]2C(=O)C1)C3(C)C. The van der Waals surface area contributed by atoms with Gasteiger partial charge in [0.15, 0.2) is 27.5 Å². The first-order valence-electron chi connectivity index (χ1n) is 17.1. The number of piperidine rings is 1. The van der Waals surface area contributed by atoms with Gasteiger partial charge in [-0.2, -0.15) is 0 Å². The number of sulfone groups is 1. The van der Waals surface area contributed by atoms with Crippen molar-refractivity contribution < 1.29 is 32.3 Å². The van der Waals surface area contributed by atoms with Crippen molar-refractivity contribution in [2.75, 3.05) is 12.3 Å². The Bertz CT molecular complexity index is 1340. The van der Waals surface area contributed by atoms with Crippen molar-refractivity contribution in [3.05, 3.63) is 29.8 Å².